The molecule has 0 atom stereocenters. The van der Waals surface area contributed by atoms with Crippen LogP contribution in [0.1, 0.15) is 11.1 Å². The van der Waals surface area contributed by atoms with Crippen LogP contribution in [-0.4, -0.2) is 9.97 Å². The van der Waals surface area contributed by atoms with E-state index in [1.165, 1.54) is 6.20 Å². The number of nitrogen functional groups attached to an aromatic ring is 1. The van der Waals surface area contributed by atoms with E-state index < -0.39 is 5.69 Å². The second kappa shape index (κ2) is 4.49. The lowest BCUT2D eigenvalue weighted by atomic mass is 10.1. The fraction of sp³-hybridized carbons (Fsp3) is 0.0909. The summed E-state index contributed by atoms with van der Waals surface area (Å²) >= 11 is 3.37. The molecule has 0 saturated carbocycles. The molecular weight excluding hydrogens is 270 g/mol. The lowest BCUT2D eigenvalue weighted by molar-refractivity contribution is 1.03. The summed E-state index contributed by atoms with van der Waals surface area (Å²) in [7, 11) is 0. The minimum Gasteiger partial charge on any atom is -0.385 e. The Bertz CT molecular complexity index is 548. The predicted molar refractivity (Wildman–Crippen MR) is 66.2 cm³/mol. The number of H-pyrrole nitrogens is 1. The zero-order valence-electron chi connectivity index (χ0n) is 8.40. The average Bonchev–Trinajstić information content (AvgIpc) is 2.25. The highest BCUT2D eigenvalue weighted by molar-refractivity contribution is 9.10. The van der Waals surface area contributed by atoms with Crippen LogP contribution in [0.2, 0.25) is 0 Å². The molecule has 0 aliphatic heterocycles. The van der Waals surface area contributed by atoms with Crippen molar-refractivity contribution in [1.29, 1.82) is 0 Å². The largest absolute Gasteiger partial charge is 0.385 e. The van der Waals surface area contributed by atoms with Gasteiger partial charge >= 0.3 is 5.69 Å². The van der Waals surface area contributed by atoms with Gasteiger partial charge in [0.25, 0.3) is 0 Å². The summed E-state index contributed by atoms with van der Waals surface area (Å²) in [4.78, 5) is 17.0. The number of halogens is 1. The minimum atomic E-state index is -0.419. The Hall–Kier alpha value is -1.62. The van der Waals surface area contributed by atoms with Crippen LogP contribution >= 0.6 is 15.9 Å². The predicted octanol–water partition coefficient (Wildman–Crippen LogP) is 1.71. The Morgan fingerprint density at radius 3 is 2.62 bits per heavy atom. The van der Waals surface area contributed by atoms with Gasteiger partial charge in [0.05, 0.1) is 0 Å². The van der Waals surface area contributed by atoms with Crippen LogP contribution in [0, 0.1) is 0 Å². The topological polar surface area (TPSA) is 71.8 Å². The monoisotopic (exact) mass is 279 g/mol. The molecule has 0 fully saturated rings. The van der Waals surface area contributed by atoms with E-state index in [0.717, 1.165) is 15.6 Å². The third-order valence-corrected chi connectivity index (χ3v) is 2.76. The van der Waals surface area contributed by atoms with Gasteiger partial charge in [-0.2, -0.15) is 0 Å². The van der Waals surface area contributed by atoms with E-state index in [9.17, 15) is 4.79 Å². The fourth-order valence-electron chi connectivity index (χ4n) is 1.40. The maximum atomic E-state index is 10.9. The van der Waals surface area contributed by atoms with Crippen LogP contribution in [0.15, 0.2) is 39.7 Å². The van der Waals surface area contributed by atoms with Crippen molar-refractivity contribution in [3.8, 4) is 0 Å². The standard InChI is InChI=1S/C11H10BrN3O/c12-9-3-1-7(2-4-9)5-8-6-14-11(16)15-10(8)13/h1-4,6H,5H2,(H3,13,14,15,16). The molecule has 1 aromatic carbocycles. The number of nitrogens with one attached hydrogen (secondary N) is 1. The van der Waals surface area contributed by atoms with E-state index >= 15 is 0 Å². The van der Waals surface area contributed by atoms with Crippen LogP contribution in [0.3, 0.4) is 0 Å². The normalized spacial score (nSPS) is 10.3. The summed E-state index contributed by atoms with van der Waals surface area (Å²) in [6, 6.07) is 7.92. The molecule has 0 spiro atoms. The van der Waals surface area contributed by atoms with Crippen LogP contribution in [0.25, 0.3) is 0 Å². The maximum absolute atomic E-state index is 10.9. The van der Waals surface area contributed by atoms with Gasteiger partial charge in [-0.1, -0.05) is 28.1 Å². The van der Waals surface area contributed by atoms with Crippen molar-refractivity contribution in [2.24, 2.45) is 0 Å². The number of hydrogen-bond donors (Lipinski definition) is 2. The molecule has 0 radical (unpaired) electrons. The van der Waals surface area contributed by atoms with Gasteiger partial charge in [-0.05, 0) is 17.7 Å². The number of hydrogen-bond acceptors (Lipinski definition) is 3. The molecule has 5 heteroatoms. The summed E-state index contributed by atoms with van der Waals surface area (Å²) in [6.07, 6.45) is 2.17. The van der Waals surface area contributed by atoms with Gasteiger partial charge in [-0.25, -0.2) is 9.78 Å². The first-order chi connectivity index (χ1) is 7.65. The summed E-state index contributed by atoms with van der Waals surface area (Å²) in [5.74, 6) is 0.378. The average molecular weight is 280 g/mol. The van der Waals surface area contributed by atoms with Crippen molar-refractivity contribution in [2.45, 2.75) is 6.42 Å². The zero-order valence-corrected chi connectivity index (χ0v) is 9.99. The number of aromatic amines is 1. The third kappa shape index (κ3) is 2.49. The fourth-order valence-corrected chi connectivity index (χ4v) is 1.66. The SMILES string of the molecule is Nc1[nH]c(=O)ncc1Cc1ccc(Br)cc1. The molecule has 82 valence electrons. The molecule has 4 nitrogen and oxygen atoms in total. The first kappa shape index (κ1) is 10.9. The van der Waals surface area contributed by atoms with Crippen LogP contribution in [0.4, 0.5) is 5.82 Å². The highest BCUT2D eigenvalue weighted by Crippen LogP contribution is 2.15. The van der Waals surface area contributed by atoms with Crippen LogP contribution < -0.4 is 11.4 Å². The van der Waals surface area contributed by atoms with E-state index in [4.69, 9.17) is 5.73 Å². The number of nitrogens with zero attached hydrogens (tertiary/aromatic N) is 1. The first-order valence-electron chi connectivity index (χ1n) is 4.73. The lowest BCUT2D eigenvalue weighted by Crippen LogP contribution is -2.14. The number of nitrogens with two attached hydrogens (primary N) is 1. The van der Waals surface area contributed by atoms with Crippen LogP contribution in [0.5, 0.6) is 0 Å². The Morgan fingerprint density at radius 1 is 1.31 bits per heavy atom. The van der Waals surface area contributed by atoms with Gasteiger partial charge in [-0.15, -0.1) is 0 Å². The van der Waals surface area contributed by atoms with Gasteiger partial charge in [0.15, 0.2) is 0 Å². The highest BCUT2D eigenvalue weighted by Gasteiger charge is 2.02. The highest BCUT2D eigenvalue weighted by atomic mass is 79.9. The molecule has 1 heterocycles. The van der Waals surface area contributed by atoms with Gasteiger partial charge < -0.3 is 5.73 Å². The molecule has 16 heavy (non-hydrogen) atoms. The number of aromatic nitrogens is 2. The van der Waals surface area contributed by atoms with E-state index in [2.05, 4.69) is 25.9 Å². The molecule has 0 saturated heterocycles. The summed E-state index contributed by atoms with van der Waals surface area (Å²) < 4.78 is 1.03. The molecule has 0 amide bonds. The van der Waals surface area contributed by atoms with E-state index in [0.29, 0.717) is 12.2 Å². The van der Waals surface area contributed by atoms with Crippen molar-refractivity contribution in [3.63, 3.8) is 0 Å². The van der Waals surface area contributed by atoms with Crippen molar-refractivity contribution < 1.29 is 0 Å². The smallest absolute Gasteiger partial charge is 0.346 e. The van der Waals surface area contributed by atoms with Crippen molar-refractivity contribution in [2.75, 3.05) is 5.73 Å². The molecule has 0 unspecified atom stereocenters. The summed E-state index contributed by atoms with van der Waals surface area (Å²) in [5, 5.41) is 0. The first-order valence-corrected chi connectivity index (χ1v) is 5.52. The molecule has 2 aromatic rings. The molecule has 0 aliphatic carbocycles. The Kier molecular flexibility index (Phi) is 3.05. The molecule has 1 aromatic heterocycles. The van der Waals surface area contributed by atoms with Gasteiger partial charge in [-0.3, -0.25) is 4.98 Å². The van der Waals surface area contributed by atoms with Gasteiger partial charge in [0.1, 0.15) is 5.82 Å². The summed E-state index contributed by atoms with van der Waals surface area (Å²) in [5.41, 5.74) is 7.21. The van der Waals surface area contributed by atoms with Crippen molar-refractivity contribution >= 4 is 21.7 Å². The van der Waals surface area contributed by atoms with E-state index in [-0.39, 0.29) is 0 Å². The molecular formula is C11H10BrN3O. The molecule has 3 N–H and O–H groups in total. The van der Waals surface area contributed by atoms with Gasteiger partial charge in [0.2, 0.25) is 0 Å². The Morgan fingerprint density at radius 2 is 2.00 bits per heavy atom. The minimum absolute atomic E-state index is 0.378. The lowest BCUT2D eigenvalue weighted by Gasteiger charge is -2.04. The van der Waals surface area contributed by atoms with Crippen LogP contribution in [-0.2, 0) is 6.42 Å². The maximum Gasteiger partial charge on any atom is 0.346 e. The Balaban J connectivity index is 2.27. The molecule has 2 rings (SSSR count). The quantitative estimate of drug-likeness (QED) is 0.879. The van der Waals surface area contributed by atoms with E-state index in [1.807, 2.05) is 24.3 Å². The van der Waals surface area contributed by atoms with Crippen molar-refractivity contribution in [3.05, 3.63) is 56.5 Å². The second-order valence-electron chi connectivity index (χ2n) is 3.43. The Labute approximate surface area is 101 Å². The summed E-state index contributed by atoms with van der Waals surface area (Å²) in [6.45, 7) is 0. The van der Waals surface area contributed by atoms with Crippen molar-refractivity contribution in [1.82, 2.24) is 9.97 Å². The number of benzene rings is 1. The second-order valence-corrected chi connectivity index (χ2v) is 4.35. The number of rotatable bonds is 2. The zero-order chi connectivity index (χ0) is 11.5. The number of anilines is 1. The third-order valence-electron chi connectivity index (χ3n) is 2.23. The molecule has 0 bridgehead atoms. The van der Waals surface area contributed by atoms with Gasteiger partial charge in [0, 0.05) is 22.7 Å². The van der Waals surface area contributed by atoms with E-state index in [1.54, 1.807) is 0 Å². The molecule has 0 aliphatic rings.